The lowest BCUT2D eigenvalue weighted by Gasteiger charge is -2.17. The molecule has 4 heteroatoms. The van der Waals surface area contributed by atoms with E-state index in [0.29, 0.717) is 5.56 Å². The van der Waals surface area contributed by atoms with Crippen LogP contribution in [0.5, 0.6) is 0 Å². The van der Waals surface area contributed by atoms with Crippen LogP contribution in [0.2, 0.25) is 0 Å². The highest BCUT2D eigenvalue weighted by atomic mass is 32.1. The van der Waals surface area contributed by atoms with E-state index in [0.717, 1.165) is 22.8 Å². The molecule has 18 heavy (non-hydrogen) atoms. The fraction of sp³-hybridized carbons (Fsp3) is 0.357. The first-order valence-electron chi connectivity index (χ1n) is 6.03. The molecule has 0 fully saturated rings. The smallest absolute Gasteiger partial charge is 0.128 e. The van der Waals surface area contributed by atoms with Crippen LogP contribution in [0, 0.1) is 19.7 Å². The van der Waals surface area contributed by atoms with Crippen LogP contribution in [0.4, 0.5) is 4.39 Å². The van der Waals surface area contributed by atoms with Crippen molar-refractivity contribution >= 4 is 11.3 Å². The zero-order chi connectivity index (χ0) is 13.1. The fourth-order valence-corrected chi connectivity index (χ4v) is 2.81. The number of rotatable bonds is 4. The van der Waals surface area contributed by atoms with E-state index in [4.69, 9.17) is 0 Å². The Bertz CT molecular complexity index is 536. The van der Waals surface area contributed by atoms with Crippen molar-refractivity contribution in [2.24, 2.45) is 0 Å². The van der Waals surface area contributed by atoms with Crippen molar-refractivity contribution in [3.63, 3.8) is 0 Å². The number of nitrogens with one attached hydrogen (secondary N) is 1. The van der Waals surface area contributed by atoms with Crippen LogP contribution in [-0.2, 0) is 0 Å². The molecule has 0 bridgehead atoms. The molecule has 1 aromatic carbocycles. The quantitative estimate of drug-likeness (QED) is 0.912. The summed E-state index contributed by atoms with van der Waals surface area (Å²) in [5, 5.41) is 6.21. The molecule has 0 saturated heterocycles. The molecule has 1 unspecified atom stereocenters. The fourth-order valence-electron chi connectivity index (χ4n) is 1.92. The maximum absolute atomic E-state index is 14.0. The van der Waals surface area contributed by atoms with Gasteiger partial charge in [-0.2, -0.15) is 0 Å². The summed E-state index contributed by atoms with van der Waals surface area (Å²) in [5.74, 6) is -0.181. The topological polar surface area (TPSA) is 24.9 Å². The van der Waals surface area contributed by atoms with Crippen molar-refractivity contribution in [1.29, 1.82) is 0 Å². The standard InChI is InChI=1S/C14H17FN2S/c1-4-16-13(14-17-10(3)8-18-14)11-7-9(2)5-6-12(11)15/h5-8,13,16H,4H2,1-3H3. The normalized spacial score (nSPS) is 12.7. The van der Waals surface area contributed by atoms with Crippen molar-refractivity contribution in [2.45, 2.75) is 26.8 Å². The van der Waals surface area contributed by atoms with Gasteiger partial charge in [0.25, 0.3) is 0 Å². The number of benzene rings is 1. The molecular formula is C14H17FN2S. The number of aromatic nitrogens is 1. The molecule has 1 atom stereocenters. The first kappa shape index (κ1) is 13.2. The van der Waals surface area contributed by atoms with E-state index in [1.807, 2.05) is 32.2 Å². The van der Waals surface area contributed by atoms with Crippen LogP contribution < -0.4 is 5.32 Å². The summed E-state index contributed by atoms with van der Waals surface area (Å²) in [5.41, 5.74) is 2.71. The van der Waals surface area contributed by atoms with Gasteiger partial charge in [-0.15, -0.1) is 11.3 Å². The van der Waals surface area contributed by atoms with Crippen molar-refractivity contribution in [2.75, 3.05) is 6.54 Å². The molecule has 0 spiro atoms. The van der Waals surface area contributed by atoms with E-state index in [9.17, 15) is 4.39 Å². The predicted octanol–water partition coefficient (Wildman–Crippen LogP) is 3.60. The zero-order valence-corrected chi connectivity index (χ0v) is 11.6. The molecule has 0 radical (unpaired) electrons. The van der Waals surface area contributed by atoms with Crippen LogP contribution in [0.25, 0.3) is 0 Å². The number of thiazole rings is 1. The first-order chi connectivity index (χ1) is 8.61. The second kappa shape index (κ2) is 5.59. The van der Waals surface area contributed by atoms with Gasteiger partial charge in [0.15, 0.2) is 0 Å². The van der Waals surface area contributed by atoms with Crippen molar-refractivity contribution < 1.29 is 4.39 Å². The highest BCUT2D eigenvalue weighted by Crippen LogP contribution is 2.27. The molecule has 1 N–H and O–H groups in total. The number of nitrogens with zero attached hydrogens (tertiary/aromatic N) is 1. The lowest BCUT2D eigenvalue weighted by Crippen LogP contribution is -2.23. The Hall–Kier alpha value is -1.26. The van der Waals surface area contributed by atoms with E-state index in [2.05, 4.69) is 10.3 Å². The molecule has 0 aliphatic carbocycles. The average Bonchev–Trinajstić information content (AvgIpc) is 2.76. The Balaban J connectivity index is 2.44. The summed E-state index contributed by atoms with van der Waals surface area (Å²) < 4.78 is 14.0. The SMILES string of the molecule is CCNC(c1nc(C)cs1)c1cc(C)ccc1F. The van der Waals surface area contributed by atoms with Crippen LogP contribution in [-0.4, -0.2) is 11.5 Å². The van der Waals surface area contributed by atoms with Gasteiger partial charge in [-0.05, 0) is 26.5 Å². The minimum atomic E-state index is -0.181. The first-order valence-corrected chi connectivity index (χ1v) is 6.91. The molecule has 1 aromatic heterocycles. The van der Waals surface area contributed by atoms with Crippen molar-refractivity contribution in [3.8, 4) is 0 Å². The van der Waals surface area contributed by atoms with Gasteiger partial charge in [0, 0.05) is 16.6 Å². The van der Waals surface area contributed by atoms with Gasteiger partial charge in [-0.1, -0.05) is 24.6 Å². The number of hydrogen-bond acceptors (Lipinski definition) is 3. The predicted molar refractivity (Wildman–Crippen MR) is 73.5 cm³/mol. The van der Waals surface area contributed by atoms with Gasteiger partial charge in [-0.25, -0.2) is 9.37 Å². The Morgan fingerprint density at radius 3 is 2.78 bits per heavy atom. The summed E-state index contributed by atoms with van der Waals surface area (Å²) in [6, 6.07) is 5.04. The van der Waals surface area contributed by atoms with Crippen LogP contribution in [0.3, 0.4) is 0 Å². The largest absolute Gasteiger partial charge is 0.304 e. The Morgan fingerprint density at radius 2 is 2.17 bits per heavy atom. The van der Waals surface area contributed by atoms with Gasteiger partial charge < -0.3 is 5.32 Å². The van der Waals surface area contributed by atoms with E-state index in [1.165, 1.54) is 6.07 Å². The number of halogens is 1. The third-order valence-corrected chi connectivity index (χ3v) is 3.78. The van der Waals surface area contributed by atoms with Gasteiger partial charge in [0.1, 0.15) is 10.8 Å². The lowest BCUT2D eigenvalue weighted by atomic mass is 10.0. The van der Waals surface area contributed by atoms with Crippen LogP contribution in [0.15, 0.2) is 23.6 Å². The molecule has 0 aliphatic rings. The molecule has 0 saturated carbocycles. The maximum Gasteiger partial charge on any atom is 0.128 e. The van der Waals surface area contributed by atoms with E-state index < -0.39 is 0 Å². The second-order valence-corrected chi connectivity index (χ2v) is 5.23. The summed E-state index contributed by atoms with van der Waals surface area (Å²) in [4.78, 5) is 4.47. The summed E-state index contributed by atoms with van der Waals surface area (Å²) in [6.07, 6.45) is 0. The van der Waals surface area contributed by atoms with Crippen molar-refractivity contribution in [3.05, 3.63) is 51.2 Å². The average molecular weight is 264 g/mol. The van der Waals surface area contributed by atoms with Gasteiger partial charge >= 0.3 is 0 Å². The van der Waals surface area contributed by atoms with Crippen LogP contribution >= 0.6 is 11.3 Å². The number of aryl methyl sites for hydroxylation is 2. The molecule has 96 valence electrons. The third-order valence-electron chi connectivity index (χ3n) is 2.75. The Labute approximate surface area is 111 Å². The minimum Gasteiger partial charge on any atom is -0.304 e. The summed E-state index contributed by atoms with van der Waals surface area (Å²) >= 11 is 1.57. The minimum absolute atomic E-state index is 0.159. The monoisotopic (exact) mass is 264 g/mol. The van der Waals surface area contributed by atoms with Crippen molar-refractivity contribution in [1.82, 2.24) is 10.3 Å². The maximum atomic E-state index is 14.0. The Kier molecular flexibility index (Phi) is 4.09. The van der Waals surface area contributed by atoms with E-state index in [-0.39, 0.29) is 11.9 Å². The highest BCUT2D eigenvalue weighted by Gasteiger charge is 2.19. The molecule has 0 aliphatic heterocycles. The molecule has 2 aromatic rings. The molecule has 2 rings (SSSR count). The number of hydrogen-bond donors (Lipinski definition) is 1. The van der Waals surface area contributed by atoms with Gasteiger partial charge in [-0.3, -0.25) is 0 Å². The zero-order valence-electron chi connectivity index (χ0n) is 10.8. The third kappa shape index (κ3) is 2.76. The van der Waals surface area contributed by atoms with Gasteiger partial charge in [0.05, 0.1) is 6.04 Å². The lowest BCUT2D eigenvalue weighted by molar-refractivity contribution is 0.556. The summed E-state index contributed by atoms with van der Waals surface area (Å²) in [7, 11) is 0. The van der Waals surface area contributed by atoms with E-state index in [1.54, 1.807) is 17.4 Å². The molecule has 1 heterocycles. The van der Waals surface area contributed by atoms with Crippen LogP contribution in [0.1, 0.15) is 34.8 Å². The Morgan fingerprint density at radius 1 is 1.39 bits per heavy atom. The molecule has 2 nitrogen and oxygen atoms in total. The highest BCUT2D eigenvalue weighted by molar-refractivity contribution is 7.09. The molecule has 0 amide bonds. The van der Waals surface area contributed by atoms with Gasteiger partial charge in [0.2, 0.25) is 0 Å². The second-order valence-electron chi connectivity index (χ2n) is 4.34. The van der Waals surface area contributed by atoms with E-state index >= 15 is 0 Å². The molecular weight excluding hydrogens is 247 g/mol. The summed E-state index contributed by atoms with van der Waals surface area (Å²) in [6.45, 7) is 6.71.